The molecule has 0 amide bonds. The molecule has 2 atom stereocenters. The van der Waals surface area contributed by atoms with E-state index in [2.05, 4.69) is 53.3 Å². The van der Waals surface area contributed by atoms with Gasteiger partial charge in [0.2, 0.25) is 0 Å². The Labute approximate surface area is 118 Å². The molecule has 0 bridgehead atoms. The topological polar surface area (TPSA) is 38.0 Å². The molecule has 2 rings (SSSR count). The number of rotatable bonds is 3. The van der Waals surface area contributed by atoms with Crippen molar-refractivity contribution >= 4 is 21.6 Å². The highest BCUT2D eigenvalue weighted by Crippen LogP contribution is 2.38. The normalized spacial score (nSPS) is 32.2. The number of hydrogen-bond donors (Lipinski definition) is 2. The Balaban J connectivity index is 2.20. The molecule has 1 fully saturated rings. The number of nitrogens with one attached hydrogen (secondary N) is 1. The summed E-state index contributed by atoms with van der Waals surface area (Å²) in [6, 6.07) is 8.29. The maximum absolute atomic E-state index is 6.08. The van der Waals surface area contributed by atoms with Crippen molar-refractivity contribution in [2.24, 2.45) is 17.6 Å². The molecule has 2 nitrogen and oxygen atoms in total. The van der Waals surface area contributed by atoms with E-state index in [-0.39, 0.29) is 5.54 Å². The number of para-hydroxylation sites is 1. The number of halogens is 1. The minimum absolute atomic E-state index is 0.0565. The highest BCUT2D eigenvalue weighted by atomic mass is 79.9. The third kappa shape index (κ3) is 3.07. The van der Waals surface area contributed by atoms with Gasteiger partial charge >= 0.3 is 0 Å². The van der Waals surface area contributed by atoms with Gasteiger partial charge in [-0.25, -0.2) is 0 Å². The summed E-state index contributed by atoms with van der Waals surface area (Å²) >= 11 is 3.60. The van der Waals surface area contributed by atoms with Crippen LogP contribution in [0.25, 0.3) is 0 Å². The average Bonchev–Trinajstić information content (AvgIpc) is 2.31. The molecule has 2 unspecified atom stereocenters. The zero-order valence-corrected chi connectivity index (χ0v) is 12.8. The summed E-state index contributed by atoms with van der Waals surface area (Å²) in [6.07, 6.45) is 3.64. The Hall–Kier alpha value is -0.540. The molecule has 3 N–H and O–H groups in total. The summed E-state index contributed by atoms with van der Waals surface area (Å²) in [6.45, 7) is 5.37. The fraction of sp³-hybridized carbons (Fsp3) is 0.600. The van der Waals surface area contributed by atoms with Gasteiger partial charge in [0.05, 0.1) is 5.54 Å². The summed E-state index contributed by atoms with van der Waals surface area (Å²) in [5.74, 6) is 1.49. The maximum atomic E-state index is 6.08. The van der Waals surface area contributed by atoms with Crippen molar-refractivity contribution in [2.45, 2.75) is 38.6 Å². The van der Waals surface area contributed by atoms with Crippen LogP contribution in [0.1, 0.15) is 33.1 Å². The van der Waals surface area contributed by atoms with E-state index >= 15 is 0 Å². The lowest BCUT2D eigenvalue weighted by Crippen LogP contribution is -2.50. The zero-order chi connectivity index (χ0) is 13.2. The van der Waals surface area contributed by atoms with E-state index in [4.69, 9.17) is 5.73 Å². The second kappa shape index (κ2) is 5.62. The number of nitrogens with two attached hydrogens (primary N) is 1. The molecule has 0 saturated heterocycles. The lowest BCUT2D eigenvalue weighted by atomic mass is 9.71. The highest BCUT2D eigenvalue weighted by molar-refractivity contribution is 9.10. The van der Waals surface area contributed by atoms with Crippen LogP contribution in [-0.2, 0) is 0 Å². The summed E-state index contributed by atoms with van der Waals surface area (Å²) in [5.41, 5.74) is 7.30. The second-order valence-corrected chi connectivity index (χ2v) is 6.80. The highest BCUT2D eigenvalue weighted by Gasteiger charge is 2.36. The largest absolute Gasteiger partial charge is 0.377 e. The van der Waals surface area contributed by atoms with Crippen molar-refractivity contribution in [3.8, 4) is 0 Å². The van der Waals surface area contributed by atoms with Gasteiger partial charge in [0.15, 0.2) is 0 Å². The molecule has 1 aromatic rings. The van der Waals surface area contributed by atoms with Crippen LogP contribution in [-0.4, -0.2) is 12.1 Å². The van der Waals surface area contributed by atoms with E-state index in [1.165, 1.54) is 6.42 Å². The summed E-state index contributed by atoms with van der Waals surface area (Å²) < 4.78 is 1.11. The van der Waals surface area contributed by atoms with E-state index in [0.717, 1.165) is 34.8 Å². The van der Waals surface area contributed by atoms with Gasteiger partial charge in [-0.05, 0) is 59.2 Å². The Morgan fingerprint density at radius 2 is 1.89 bits per heavy atom. The molecule has 1 aliphatic rings. The minimum Gasteiger partial charge on any atom is -0.377 e. The van der Waals surface area contributed by atoms with Crippen LogP contribution < -0.4 is 11.1 Å². The van der Waals surface area contributed by atoms with Gasteiger partial charge < -0.3 is 11.1 Å². The molecular formula is C15H23BrN2. The molecular weight excluding hydrogens is 288 g/mol. The Morgan fingerprint density at radius 3 is 2.44 bits per heavy atom. The third-order valence-electron chi connectivity index (χ3n) is 3.95. The number of anilines is 1. The Kier molecular flexibility index (Phi) is 4.33. The van der Waals surface area contributed by atoms with E-state index in [9.17, 15) is 0 Å². The lowest BCUT2D eigenvalue weighted by molar-refractivity contribution is 0.205. The molecule has 3 heteroatoms. The summed E-state index contributed by atoms with van der Waals surface area (Å²) in [5, 5.41) is 3.70. The molecule has 100 valence electrons. The SMILES string of the molecule is CC1CC(C)CC(CN)(Nc2ccccc2Br)C1. The zero-order valence-electron chi connectivity index (χ0n) is 11.2. The first-order valence-corrected chi connectivity index (χ1v) is 7.57. The summed E-state index contributed by atoms with van der Waals surface area (Å²) in [4.78, 5) is 0. The van der Waals surface area contributed by atoms with Gasteiger partial charge in [-0.3, -0.25) is 0 Å². The van der Waals surface area contributed by atoms with E-state index in [1.54, 1.807) is 0 Å². The lowest BCUT2D eigenvalue weighted by Gasteiger charge is -2.43. The van der Waals surface area contributed by atoms with Gasteiger partial charge in [-0.2, -0.15) is 0 Å². The van der Waals surface area contributed by atoms with Gasteiger partial charge in [-0.15, -0.1) is 0 Å². The van der Waals surface area contributed by atoms with Crippen LogP contribution in [0.4, 0.5) is 5.69 Å². The predicted molar refractivity (Wildman–Crippen MR) is 81.7 cm³/mol. The first kappa shape index (κ1) is 13.9. The Morgan fingerprint density at radius 1 is 1.28 bits per heavy atom. The quantitative estimate of drug-likeness (QED) is 0.885. The molecule has 1 aromatic carbocycles. The van der Waals surface area contributed by atoms with Crippen LogP contribution in [0, 0.1) is 11.8 Å². The average molecular weight is 311 g/mol. The van der Waals surface area contributed by atoms with Gasteiger partial charge in [-0.1, -0.05) is 26.0 Å². The number of hydrogen-bond acceptors (Lipinski definition) is 2. The van der Waals surface area contributed by atoms with E-state index in [0.29, 0.717) is 6.54 Å². The monoisotopic (exact) mass is 310 g/mol. The van der Waals surface area contributed by atoms with Crippen molar-refractivity contribution in [1.82, 2.24) is 0 Å². The molecule has 0 heterocycles. The molecule has 0 spiro atoms. The van der Waals surface area contributed by atoms with Crippen molar-refractivity contribution < 1.29 is 0 Å². The Bertz CT molecular complexity index is 395. The fourth-order valence-electron chi connectivity index (χ4n) is 3.44. The van der Waals surface area contributed by atoms with Crippen LogP contribution in [0.15, 0.2) is 28.7 Å². The standard InChI is InChI=1S/C15H23BrN2/c1-11-7-12(2)9-15(8-11,10-17)18-14-6-4-3-5-13(14)16/h3-6,11-12,18H,7-10,17H2,1-2H3. The smallest absolute Gasteiger partial charge is 0.0501 e. The first-order valence-electron chi connectivity index (χ1n) is 6.77. The van der Waals surface area contributed by atoms with Gasteiger partial charge in [0.25, 0.3) is 0 Å². The van der Waals surface area contributed by atoms with Crippen molar-refractivity contribution in [3.63, 3.8) is 0 Å². The number of benzene rings is 1. The van der Waals surface area contributed by atoms with Crippen molar-refractivity contribution in [3.05, 3.63) is 28.7 Å². The second-order valence-electron chi connectivity index (χ2n) is 5.94. The third-order valence-corrected chi connectivity index (χ3v) is 4.64. The molecule has 1 saturated carbocycles. The molecule has 0 aliphatic heterocycles. The fourth-order valence-corrected chi connectivity index (χ4v) is 3.82. The molecule has 1 aliphatic carbocycles. The van der Waals surface area contributed by atoms with Crippen LogP contribution in [0.2, 0.25) is 0 Å². The van der Waals surface area contributed by atoms with Crippen LogP contribution in [0.3, 0.4) is 0 Å². The summed E-state index contributed by atoms with van der Waals surface area (Å²) in [7, 11) is 0. The maximum Gasteiger partial charge on any atom is 0.0501 e. The molecule has 0 aromatic heterocycles. The van der Waals surface area contributed by atoms with Crippen LogP contribution >= 0.6 is 15.9 Å². The van der Waals surface area contributed by atoms with E-state index in [1.807, 2.05) is 6.07 Å². The first-order chi connectivity index (χ1) is 8.54. The van der Waals surface area contributed by atoms with E-state index < -0.39 is 0 Å². The molecule has 0 radical (unpaired) electrons. The minimum atomic E-state index is 0.0565. The van der Waals surface area contributed by atoms with Gasteiger partial charge in [0, 0.05) is 16.7 Å². The molecule has 18 heavy (non-hydrogen) atoms. The van der Waals surface area contributed by atoms with Crippen LogP contribution in [0.5, 0.6) is 0 Å². The van der Waals surface area contributed by atoms with Crippen molar-refractivity contribution in [1.29, 1.82) is 0 Å². The predicted octanol–water partition coefficient (Wildman–Crippen LogP) is 4.01. The van der Waals surface area contributed by atoms with Gasteiger partial charge in [0.1, 0.15) is 0 Å². The van der Waals surface area contributed by atoms with Crippen molar-refractivity contribution in [2.75, 3.05) is 11.9 Å².